The molecule has 0 aliphatic carbocycles. The zero-order chi connectivity index (χ0) is 13.4. The minimum Gasteiger partial charge on any atom is -0.342 e. The summed E-state index contributed by atoms with van der Waals surface area (Å²) in [4.78, 5) is 13.6. The van der Waals surface area contributed by atoms with Gasteiger partial charge in [-0.25, -0.2) is 0 Å². The third-order valence-corrected chi connectivity index (χ3v) is 3.15. The number of carbonyl (C=O) groups excluding carboxylic acids is 1. The Balaban J connectivity index is 2.34. The quantitative estimate of drug-likeness (QED) is 0.802. The molecule has 1 amide bonds. The van der Waals surface area contributed by atoms with Crippen molar-refractivity contribution in [3.05, 3.63) is 35.4 Å². The summed E-state index contributed by atoms with van der Waals surface area (Å²) in [5.41, 5.74) is 2.57. The molecule has 0 bridgehead atoms. The molecule has 0 radical (unpaired) electrons. The maximum absolute atomic E-state index is 11.8. The van der Waals surface area contributed by atoms with E-state index in [0.717, 1.165) is 26.1 Å². The lowest BCUT2D eigenvalue weighted by Crippen LogP contribution is -2.37. The van der Waals surface area contributed by atoms with Crippen molar-refractivity contribution in [1.29, 1.82) is 0 Å². The van der Waals surface area contributed by atoms with Gasteiger partial charge < -0.3 is 10.2 Å². The molecule has 0 aliphatic heterocycles. The van der Waals surface area contributed by atoms with E-state index in [-0.39, 0.29) is 5.91 Å². The number of likely N-dealkylation sites (N-methyl/N-ethyl adjacent to an activating group) is 1. The van der Waals surface area contributed by atoms with Gasteiger partial charge in [-0.2, -0.15) is 0 Å². The van der Waals surface area contributed by atoms with Crippen LogP contribution in [0.5, 0.6) is 0 Å². The van der Waals surface area contributed by atoms with E-state index in [4.69, 9.17) is 0 Å². The van der Waals surface area contributed by atoms with Crippen LogP contribution in [0.3, 0.4) is 0 Å². The van der Waals surface area contributed by atoms with Gasteiger partial charge in [-0.05, 0) is 31.4 Å². The first kappa shape index (κ1) is 14.7. The molecule has 0 heterocycles. The van der Waals surface area contributed by atoms with Crippen LogP contribution >= 0.6 is 0 Å². The fraction of sp³-hybridized carbons (Fsp3) is 0.533. The Morgan fingerprint density at radius 2 is 1.61 bits per heavy atom. The zero-order valence-corrected chi connectivity index (χ0v) is 11.7. The van der Waals surface area contributed by atoms with E-state index in [1.165, 1.54) is 11.1 Å². The summed E-state index contributed by atoms with van der Waals surface area (Å²) in [5.74, 6) is 0.171. The van der Waals surface area contributed by atoms with Crippen molar-refractivity contribution >= 4 is 5.91 Å². The molecule has 0 atom stereocenters. The third kappa shape index (κ3) is 4.49. The van der Waals surface area contributed by atoms with Gasteiger partial charge in [0.25, 0.3) is 0 Å². The summed E-state index contributed by atoms with van der Waals surface area (Å²) in [7, 11) is 0. The number of hydrogen-bond donors (Lipinski definition) is 1. The van der Waals surface area contributed by atoms with Crippen LogP contribution in [0.1, 0.15) is 31.9 Å². The Bertz CT molecular complexity index is 355. The Labute approximate surface area is 110 Å². The Kier molecular flexibility index (Phi) is 6.44. The van der Waals surface area contributed by atoms with Gasteiger partial charge in [0, 0.05) is 19.6 Å². The Morgan fingerprint density at radius 1 is 1.06 bits per heavy atom. The van der Waals surface area contributed by atoms with E-state index in [2.05, 4.69) is 36.5 Å². The molecule has 3 heteroatoms. The molecule has 0 fully saturated rings. The van der Waals surface area contributed by atoms with Crippen molar-refractivity contribution in [2.24, 2.45) is 0 Å². The summed E-state index contributed by atoms with van der Waals surface area (Å²) in [6.07, 6.45) is 1.06. The predicted octanol–water partition coefficient (Wildman–Crippen LogP) is 2.21. The molecule has 1 aromatic carbocycles. The molecule has 100 valence electrons. The highest BCUT2D eigenvalue weighted by molar-refractivity contribution is 5.78. The average molecular weight is 248 g/mol. The first-order chi connectivity index (χ1) is 8.71. The highest BCUT2D eigenvalue weighted by Crippen LogP contribution is 2.04. The fourth-order valence-corrected chi connectivity index (χ4v) is 1.89. The van der Waals surface area contributed by atoms with Crippen LogP contribution in [0, 0.1) is 0 Å². The molecular formula is C15H24N2O. The van der Waals surface area contributed by atoms with Gasteiger partial charge in [0.05, 0.1) is 6.54 Å². The van der Waals surface area contributed by atoms with Crippen LogP contribution in [0.2, 0.25) is 0 Å². The van der Waals surface area contributed by atoms with Crippen molar-refractivity contribution in [3.63, 3.8) is 0 Å². The summed E-state index contributed by atoms with van der Waals surface area (Å²) in [6.45, 7) is 8.88. The molecule has 0 aromatic heterocycles. The third-order valence-electron chi connectivity index (χ3n) is 3.15. The van der Waals surface area contributed by atoms with Crippen molar-refractivity contribution in [3.8, 4) is 0 Å². The topological polar surface area (TPSA) is 32.3 Å². The van der Waals surface area contributed by atoms with Gasteiger partial charge in [-0.3, -0.25) is 4.79 Å². The molecule has 0 saturated carbocycles. The van der Waals surface area contributed by atoms with E-state index < -0.39 is 0 Å². The number of amides is 1. The molecule has 3 nitrogen and oxygen atoms in total. The van der Waals surface area contributed by atoms with E-state index in [1.807, 2.05) is 18.7 Å². The van der Waals surface area contributed by atoms with Crippen molar-refractivity contribution < 1.29 is 4.79 Å². The number of aryl methyl sites for hydroxylation is 1. The number of carbonyl (C=O) groups is 1. The van der Waals surface area contributed by atoms with Gasteiger partial charge in [0.1, 0.15) is 0 Å². The lowest BCUT2D eigenvalue weighted by Gasteiger charge is -2.18. The normalized spacial score (nSPS) is 10.4. The minimum absolute atomic E-state index is 0.171. The van der Waals surface area contributed by atoms with Gasteiger partial charge in [0.15, 0.2) is 0 Å². The van der Waals surface area contributed by atoms with Crippen LogP contribution in [-0.2, 0) is 17.8 Å². The first-order valence-electron chi connectivity index (χ1n) is 6.77. The summed E-state index contributed by atoms with van der Waals surface area (Å²) in [5, 5.41) is 3.20. The van der Waals surface area contributed by atoms with Crippen LogP contribution in [0.15, 0.2) is 24.3 Å². The number of nitrogens with one attached hydrogen (secondary N) is 1. The molecule has 0 saturated heterocycles. The van der Waals surface area contributed by atoms with Crippen molar-refractivity contribution in [2.75, 3.05) is 19.6 Å². The maximum Gasteiger partial charge on any atom is 0.236 e. The Morgan fingerprint density at radius 3 is 2.11 bits per heavy atom. The molecule has 1 aromatic rings. The lowest BCUT2D eigenvalue weighted by molar-refractivity contribution is -0.129. The van der Waals surface area contributed by atoms with Gasteiger partial charge in [-0.15, -0.1) is 0 Å². The van der Waals surface area contributed by atoms with Gasteiger partial charge >= 0.3 is 0 Å². The smallest absolute Gasteiger partial charge is 0.236 e. The Hall–Kier alpha value is -1.35. The molecule has 0 aliphatic rings. The fourth-order valence-electron chi connectivity index (χ4n) is 1.89. The number of hydrogen-bond acceptors (Lipinski definition) is 2. The average Bonchev–Trinajstić information content (AvgIpc) is 2.41. The highest BCUT2D eigenvalue weighted by Gasteiger charge is 2.07. The zero-order valence-electron chi connectivity index (χ0n) is 11.7. The SMILES string of the molecule is CCc1ccc(CNCC(=O)N(CC)CC)cc1. The summed E-state index contributed by atoms with van der Waals surface area (Å²) < 4.78 is 0. The maximum atomic E-state index is 11.8. The summed E-state index contributed by atoms with van der Waals surface area (Å²) >= 11 is 0. The standard InChI is InChI=1S/C15H24N2O/c1-4-13-7-9-14(10-8-13)11-16-12-15(18)17(5-2)6-3/h7-10,16H,4-6,11-12H2,1-3H3. The van der Waals surface area contributed by atoms with Crippen LogP contribution in [0.4, 0.5) is 0 Å². The molecule has 1 rings (SSSR count). The largest absolute Gasteiger partial charge is 0.342 e. The van der Waals surface area contributed by atoms with Crippen LogP contribution in [-0.4, -0.2) is 30.4 Å². The predicted molar refractivity (Wildman–Crippen MR) is 75.5 cm³/mol. The molecule has 0 unspecified atom stereocenters. The monoisotopic (exact) mass is 248 g/mol. The lowest BCUT2D eigenvalue weighted by atomic mass is 10.1. The van der Waals surface area contributed by atoms with Crippen LogP contribution < -0.4 is 5.32 Å². The second kappa shape index (κ2) is 7.88. The summed E-state index contributed by atoms with van der Waals surface area (Å²) in [6, 6.07) is 8.52. The van der Waals surface area contributed by atoms with E-state index in [0.29, 0.717) is 6.54 Å². The van der Waals surface area contributed by atoms with Crippen molar-refractivity contribution in [1.82, 2.24) is 10.2 Å². The second-order valence-corrected chi connectivity index (χ2v) is 4.34. The van der Waals surface area contributed by atoms with E-state index in [1.54, 1.807) is 0 Å². The van der Waals surface area contributed by atoms with Crippen LogP contribution in [0.25, 0.3) is 0 Å². The number of nitrogens with zero attached hydrogens (tertiary/aromatic N) is 1. The van der Waals surface area contributed by atoms with E-state index >= 15 is 0 Å². The highest BCUT2D eigenvalue weighted by atomic mass is 16.2. The number of rotatable bonds is 7. The second-order valence-electron chi connectivity index (χ2n) is 4.34. The molecule has 18 heavy (non-hydrogen) atoms. The first-order valence-corrected chi connectivity index (χ1v) is 6.77. The van der Waals surface area contributed by atoms with Crippen molar-refractivity contribution in [2.45, 2.75) is 33.7 Å². The van der Waals surface area contributed by atoms with Gasteiger partial charge in [0.2, 0.25) is 5.91 Å². The molecular weight excluding hydrogens is 224 g/mol. The molecule has 1 N–H and O–H groups in total. The molecule has 0 spiro atoms. The minimum atomic E-state index is 0.171. The van der Waals surface area contributed by atoms with E-state index in [9.17, 15) is 4.79 Å². The number of benzene rings is 1. The van der Waals surface area contributed by atoms with Gasteiger partial charge in [-0.1, -0.05) is 31.2 Å².